The van der Waals surface area contributed by atoms with E-state index in [0.717, 1.165) is 0 Å². The van der Waals surface area contributed by atoms with Gasteiger partial charge in [-0.15, -0.1) is 0 Å². The number of hydrogen-bond acceptors (Lipinski definition) is 4. The van der Waals surface area contributed by atoms with E-state index in [2.05, 4.69) is 4.74 Å². The minimum atomic E-state index is -0.331. The molecular weight excluding hydrogens is 152 g/mol. The molecule has 0 heterocycles. The van der Waals surface area contributed by atoms with Crippen LogP contribution in [0.5, 0.6) is 0 Å². The van der Waals surface area contributed by atoms with Crippen molar-refractivity contribution >= 4 is 23.5 Å². The molecule has 0 saturated heterocycles. The van der Waals surface area contributed by atoms with Crippen LogP contribution in [0.15, 0.2) is 0 Å². The Hall–Kier alpha value is -0.510. The van der Waals surface area contributed by atoms with Crippen LogP contribution in [-0.2, 0) is 14.3 Å². The number of thioether (sulfide) groups is 1. The highest BCUT2D eigenvalue weighted by molar-refractivity contribution is 7.99. The molecule has 0 amide bonds. The number of hydrogen-bond donors (Lipinski definition) is 0. The number of ether oxygens (including phenoxy) is 1. The first-order valence-electron chi connectivity index (χ1n) is 2.81. The lowest BCUT2D eigenvalue weighted by Crippen LogP contribution is -2.12. The zero-order valence-corrected chi connectivity index (χ0v) is 6.86. The van der Waals surface area contributed by atoms with E-state index in [1.807, 2.05) is 0 Å². The van der Waals surface area contributed by atoms with Crippen molar-refractivity contribution in [3.8, 4) is 0 Å². The first kappa shape index (κ1) is 9.49. The lowest BCUT2D eigenvalue weighted by molar-refractivity contribution is -0.144. The maximum absolute atomic E-state index is 10.6. The predicted octanol–water partition coefficient (Wildman–Crippen LogP) is 0.482. The van der Waals surface area contributed by atoms with Crippen molar-refractivity contribution in [1.82, 2.24) is 0 Å². The quantitative estimate of drug-likeness (QED) is 0.564. The maximum atomic E-state index is 10.6. The summed E-state index contributed by atoms with van der Waals surface area (Å²) < 4.78 is 4.53. The minimum Gasteiger partial charge on any atom is -0.457 e. The molecule has 4 heteroatoms. The van der Waals surface area contributed by atoms with Crippen LogP contribution >= 0.6 is 11.8 Å². The summed E-state index contributed by atoms with van der Waals surface area (Å²) in [5.41, 5.74) is 0. The van der Waals surface area contributed by atoms with E-state index in [4.69, 9.17) is 0 Å². The molecule has 0 unspecified atom stereocenters. The fraction of sp³-hybridized carbons (Fsp3) is 0.667. The number of carbonyl (C=O) groups is 2. The molecule has 0 rings (SSSR count). The fourth-order valence-electron chi connectivity index (χ4n) is 0.342. The van der Waals surface area contributed by atoms with E-state index in [1.54, 1.807) is 6.26 Å². The Bertz CT molecular complexity index is 133. The lowest BCUT2D eigenvalue weighted by atomic mass is 10.5. The molecule has 0 aliphatic carbocycles. The van der Waals surface area contributed by atoms with Crippen LogP contribution in [0.3, 0.4) is 0 Å². The van der Waals surface area contributed by atoms with Crippen LogP contribution in [-0.4, -0.2) is 30.4 Å². The molecule has 0 aromatic rings. The topological polar surface area (TPSA) is 43.4 Å². The summed E-state index contributed by atoms with van der Waals surface area (Å²) in [6, 6.07) is 0. The summed E-state index contributed by atoms with van der Waals surface area (Å²) in [7, 11) is 0. The standard InChI is InChI=1S/C6H10O3S/c1-5(7)3-9-6(8)4-10-2/h3-4H2,1-2H3. The minimum absolute atomic E-state index is 0.0978. The monoisotopic (exact) mass is 162 g/mol. The lowest BCUT2D eigenvalue weighted by Gasteiger charge is -1.98. The first-order chi connectivity index (χ1) is 4.66. The highest BCUT2D eigenvalue weighted by atomic mass is 32.2. The van der Waals surface area contributed by atoms with Crippen LogP contribution in [0.25, 0.3) is 0 Å². The van der Waals surface area contributed by atoms with E-state index in [1.165, 1.54) is 18.7 Å². The van der Waals surface area contributed by atoms with Crippen LogP contribution in [0.4, 0.5) is 0 Å². The van der Waals surface area contributed by atoms with Crippen molar-refractivity contribution in [2.45, 2.75) is 6.92 Å². The van der Waals surface area contributed by atoms with Crippen molar-refractivity contribution in [3.63, 3.8) is 0 Å². The van der Waals surface area contributed by atoms with Gasteiger partial charge in [0.05, 0.1) is 5.75 Å². The van der Waals surface area contributed by atoms with Gasteiger partial charge in [0.2, 0.25) is 0 Å². The van der Waals surface area contributed by atoms with Crippen molar-refractivity contribution < 1.29 is 14.3 Å². The second kappa shape index (κ2) is 5.29. The second-order valence-corrected chi connectivity index (χ2v) is 2.66. The Labute approximate surface area is 64.1 Å². The molecule has 0 aromatic carbocycles. The van der Waals surface area contributed by atoms with Crippen molar-refractivity contribution in [2.75, 3.05) is 18.6 Å². The van der Waals surface area contributed by atoms with Crippen molar-refractivity contribution in [2.24, 2.45) is 0 Å². The maximum Gasteiger partial charge on any atom is 0.316 e. The highest BCUT2D eigenvalue weighted by Gasteiger charge is 2.01. The van der Waals surface area contributed by atoms with Gasteiger partial charge >= 0.3 is 5.97 Å². The number of carbonyl (C=O) groups excluding carboxylic acids is 2. The fourth-order valence-corrected chi connectivity index (χ4v) is 0.661. The number of esters is 1. The average Bonchev–Trinajstić information content (AvgIpc) is 1.85. The molecule has 0 bridgehead atoms. The van der Waals surface area contributed by atoms with Crippen LogP contribution < -0.4 is 0 Å². The van der Waals surface area contributed by atoms with Crippen molar-refractivity contribution in [3.05, 3.63) is 0 Å². The van der Waals surface area contributed by atoms with Gasteiger partial charge in [0, 0.05) is 0 Å². The Morgan fingerprint density at radius 1 is 1.50 bits per heavy atom. The Morgan fingerprint density at radius 3 is 2.50 bits per heavy atom. The van der Waals surface area contributed by atoms with Gasteiger partial charge in [-0.05, 0) is 13.2 Å². The molecule has 0 aliphatic heterocycles. The molecule has 0 aliphatic rings. The van der Waals surface area contributed by atoms with E-state index in [0.29, 0.717) is 5.75 Å². The summed E-state index contributed by atoms with van der Waals surface area (Å²) in [5, 5.41) is 0. The zero-order chi connectivity index (χ0) is 7.98. The Morgan fingerprint density at radius 2 is 2.10 bits per heavy atom. The molecular formula is C6H10O3S. The third-order valence-corrected chi connectivity index (χ3v) is 1.22. The van der Waals surface area contributed by atoms with Crippen molar-refractivity contribution in [1.29, 1.82) is 0 Å². The van der Waals surface area contributed by atoms with Crippen LogP contribution in [0.1, 0.15) is 6.92 Å². The highest BCUT2D eigenvalue weighted by Crippen LogP contribution is 1.92. The van der Waals surface area contributed by atoms with E-state index >= 15 is 0 Å². The molecule has 0 aromatic heterocycles. The van der Waals surface area contributed by atoms with E-state index in [-0.39, 0.29) is 18.4 Å². The SMILES string of the molecule is CSCC(=O)OCC(C)=O. The molecule has 0 N–H and O–H groups in total. The van der Waals surface area contributed by atoms with E-state index < -0.39 is 0 Å². The second-order valence-electron chi connectivity index (χ2n) is 1.80. The summed E-state index contributed by atoms with van der Waals surface area (Å²) in [6.45, 7) is 1.28. The van der Waals surface area contributed by atoms with Gasteiger partial charge in [-0.3, -0.25) is 9.59 Å². The molecule has 0 fully saturated rings. The van der Waals surface area contributed by atoms with Gasteiger partial charge in [0.1, 0.15) is 6.61 Å². The summed E-state index contributed by atoms with van der Waals surface area (Å²) >= 11 is 1.38. The largest absolute Gasteiger partial charge is 0.457 e. The molecule has 0 saturated carbocycles. The molecule has 0 spiro atoms. The number of Topliss-reactive ketones (excluding diaryl/α,β-unsaturated/α-hetero) is 1. The van der Waals surface area contributed by atoms with Crippen LogP contribution in [0.2, 0.25) is 0 Å². The Balaban J connectivity index is 3.30. The molecule has 0 radical (unpaired) electrons. The van der Waals surface area contributed by atoms with Gasteiger partial charge in [0.25, 0.3) is 0 Å². The number of ketones is 1. The van der Waals surface area contributed by atoms with Gasteiger partial charge in [-0.1, -0.05) is 0 Å². The van der Waals surface area contributed by atoms with Gasteiger partial charge in [-0.2, -0.15) is 11.8 Å². The van der Waals surface area contributed by atoms with Crippen LogP contribution in [0, 0.1) is 0 Å². The van der Waals surface area contributed by atoms with Gasteiger partial charge in [-0.25, -0.2) is 0 Å². The molecule has 58 valence electrons. The average molecular weight is 162 g/mol. The molecule has 10 heavy (non-hydrogen) atoms. The third kappa shape index (κ3) is 5.62. The summed E-state index contributed by atoms with van der Waals surface area (Å²) in [4.78, 5) is 20.8. The predicted molar refractivity (Wildman–Crippen MR) is 40.0 cm³/mol. The smallest absolute Gasteiger partial charge is 0.316 e. The number of rotatable bonds is 4. The molecule has 0 atom stereocenters. The summed E-state index contributed by atoms with van der Waals surface area (Å²) in [6.07, 6.45) is 1.80. The van der Waals surface area contributed by atoms with E-state index in [9.17, 15) is 9.59 Å². The normalized spacial score (nSPS) is 9.00. The molecule has 3 nitrogen and oxygen atoms in total. The summed E-state index contributed by atoms with van der Waals surface area (Å²) in [5.74, 6) is -0.148. The van der Waals surface area contributed by atoms with Gasteiger partial charge in [0.15, 0.2) is 5.78 Å². The third-order valence-electron chi connectivity index (χ3n) is 0.699. The Kier molecular flexibility index (Phi) is 5.02. The van der Waals surface area contributed by atoms with Gasteiger partial charge < -0.3 is 4.74 Å². The zero-order valence-electron chi connectivity index (χ0n) is 6.05. The first-order valence-corrected chi connectivity index (χ1v) is 4.20.